The third kappa shape index (κ3) is 6.26. The lowest BCUT2D eigenvalue weighted by molar-refractivity contribution is 0.668. The van der Waals surface area contributed by atoms with Crippen LogP contribution in [0.1, 0.15) is 0 Å². The molecule has 0 bridgehead atoms. The molecule has 0 amide bonds. The Balaban J connectivity index is 1.10. The third-order valence-corrected chi connectivity index (χ3v) is 16.2. The molecule has 69 heavy (non-hydrogen) atoms. The van der Waals surface area contributed by atoms with Crippen LogP contribution < -0.4 is 65.6 Å². The van der Waals surface area contributed by atoms with Gasteiger partial charge in [0.25, 0.3) is 0 Å². The van der Waals surface area contributed by atoms with Gasteiger partial charge in [0.2, 0.25) is 0 Å². The highest BCUT2D eigenvalue weighted by Crippen LogP contribution is 2.39. The first-order valence-corrected chi connectivity index (χ1v) is 24.0. The number of benzene rings is 8. The van der Waals surface area contributed by atoms with E-state index < -0.39 is 0 Å². The van der Waals surface area contributed by atoms with Crippen molar-refractivity contribution in [3.8, 4) is 51.0 Å². The van der Waals surface area contributed by atoms with Crippen molar-refractivity contribution in [2.75, 3.05) is 0 Å². The zero-order valence-electron chi connectivity index (χ0n) is 41.5. The molecule has 0 saturated carbocycles. The number of furan rings is 2. The molecule has 0 aliphatic heterocycles. The molecule has 0 radical (unpaired) electrons. The summed E-state index contributed by atoms with van der Waals surface area (Å²) in [6, 6.07) is 37.4. The van der Waals surface area contributed by atoms with Crippen LogP contribution in [0.4, 0.5) is 0 Å². The summed E-state index contributed by atoms with van der Waals surface area (Å²) in [6.07, 6.45) is 0. The van der Waals surface area contributed by atoms with Crippen molar-refractivity contribution >= 4 is 225 Å². The van der Waals surface area contributed by atoms with Gasteiger partial charge in [0.05, 0.1) is 0 Å². The van der Waals surface area contributed by atoms with Gasteiger partial charge in [-0.1, -0.05) is 110 Å². The van der Waals surface area contributed by atoms with Gasteiger partial charge in [0, 0.05) is 61.0 Å². The summed E-state index contributed by atoms with van der Waals surface area (Å²) in [6.45, 7) is 0. The Bertz CT molecular complexity index is 4210. The predicted molar refractivity (Wildman–Crippen MR) is 329 cm³/mol. The number of hydrogen-bond acceptors (Lipinski definition) is 5. The van der Waals surface area contributed by atoms with Gasteiger partial charge in [-0.2, -0.15) is 0 Å². The first-order valence-electron chi connectivity index (χ1n) is 24.0. The van der Waals surface area contributed by atoms with Crippen LogP contribution in [0.3, 0.4) is 0 Å². The van der Waals surface area contributed by atoms with Crippen LogP contribution in [-0.4, -0.2) is 114 Å². The van der Waals surface area contributed by atoms with Crippen molar-refractivity contribution in [3.05, 3.63) is 109 Å². The molecule has 12 aromatic rings. The molecule has 0 aliphatic rings. The van der Waals surface area contributed by atoms with Gasteiger partial charge in [-0.15, -0.1) is 21.9 Å². The summed E-state index contributed by atoms with van der Waals surface area (Å²) in [5.74, 6) is 1.73. The molecule has 18 heteroatoms. The van der Waals surface area contributed by atoms with Crippen LogP contribution in [-0.2, 0) is 0 Å². The summed E-state index contributed by atoms with van der Waals surface area (Å²) in [4.78, 5) is 15.5. The Kier molecular flexibility index (Phi) is 9.87. The van der Waals surface area contributed by atoms with Gasteiger partial charge < -0.3 is 13.4 Å². The fourth-order valence-corrected chi connectivity index (χ4v) is 11.6. The van der Waals surface area contributed by atoms with E-state index in [1.807, 2.05) is 66.7 Å². The molecular formula is C51H42B12N4O2. The molecule has 0 aliphatic carbocycles. The lowest BCUT2D eigenvalue weighted by Crippen LogP contribution is -2.56. The highest BCUT2D eigenvalue weighted by molar-refractivity contribution is 6.72. The van der Waals surface area contributed by atoms with Crippen molar-refractivity contribution in [1.82, 2.24) is 19.5 Å². The molecule has 0 spiro atoms. The van der Waals surface area contributed by atoms with E-state index in [0.29, 0.717) is 17.5 Å². The molecule has 0 fully saturated rings. The van der Waals surface area contributed by atoms with E-state index in [0.717, 1.165) is 66.3 Å². The topological polar surface area (TPSA) is 69.9 Å². The molecule has 0 N–H and O–H groups in total. The Hall–Kier alpha value is -7.05. The molecule has 8 aromatic carbocycles. The Labute approximate surface area is 411 Å². The van der Waals surface area contributed by atoms with Crippen molar-refractivity contribution in [3.63, 3.8) is 0 Å². The van der Waals surface area contributed by atoms with Gasteiger partial charge in [-0.25, -0.2) is 15.0 Å². The van der Waals surface area contributed by atoms with E-state index in [-0.39, 0.29) is 0 Å². The summed E-state index contributed by atoms with van der Waals surface area (Å²) in [7, 11) is 27.6. The Morgan fingerprint density at radius 3 is 1.58 bits per heavy atom. The lowest BCUT2D eigenvalue weighted by Gasteiger charge is -2.25. The first kappa shape index (κ1) is 43.2. The minimum absolute atomic E-state index is 0.567. The van der Waals surface area contributed by atoms with Crippen LogP contribution in [0.15, 0.2) is 118 Å². The van der Waals surface area contributed by atoms with Gasteiger partial charge in [0.15, 0.2) is 17.5 Å². The average molecular weight is 873 g/mol. The Morgan fingerprint density at radius 2 is 0.841 bits per heavy atom. The molecule has 0 saturated heterocycles. The van der Waals surface area contributed by atoms with E-state index in [9.17, 15) is 0 Å². The molecule has 0 unspecified atom stereocenters. The molecule has 6 nitrogen and oxygen atoms in total. The number of para-hydroxylation sites is 1. The highest BCUT2D eigenvalue weighted by atomic mass is 16.3. The quantitative estimate of drug-likeness (QED) is 0.161. The van der Waals surface area contributed by atoms with Gasteiger partial charge in [-0.05, 0) is 58.3 Å². The molecular weight excluding hydrogens is 830 g/mol. The normalized spacial score (nSPS) is 11.9. The maximum atomic E-state index is 6.92. The maximum absolute atomic E-state index is 6.92. The number of aromatic nitrogens is 4. The highest BCUT2D eigenvalue weighted by Gasteiger charge is 2.27. The zero-order valence-corrected chi connectivity index (χ0v) is 41.5. The van der Waals surface area contributed by atoms with E-state index >= 15 is 0 Å². The number of nitrogens with zero attached hydrogens (tertiary/aromatic N) is 4. The van der Waals surface area contributed by atoms with Gasteiger partial charge in [-0.3, -0.25) is 0 Å². The summed E-state index contributed by atoms with van der Waals surface area (Å²) >= 11 is 0. The second kappa shape index (κ2) is 15.7. The summed E-state index contributed by atoms with van der Waals surface area (Å²) in [5.41, 5.74) is 28.2. The Morgan fingerprint density at radius 1 is 0.333 bits per heavy atom. The number of fused-ring (bicyclic) bond motifs is 9. The monoisotopic (exact) mass is 874 g/mol. The SMILES string of the molecule is Bc1c(B)c(B)c(-c2c(B)c(B)c3c4c(B)c(B)c(B)c(B)c4n(-c4ccc5c(c4)oc4cccc(-c6nc(-c7ccccc7)nc(-c7ccc8c(c7)oc7ccccc78)n6)c45)c3c2B)c(B)c1B. The van der Waals surface area contributed by atoms with Crippen molar-refractivity contribution in [1.29, 1.82) is 0 Å². The van der Waals surface area contributed by atoms with Crippen LogP contribution in [0.25, 0.3) is 117 Å². The van der Waals surface area contributed by atoms with Crippen LogP contribution >= 0.6 is 0 Å². The second-order valence-electron chi connectivity index (χ2n) is 19.5. The number of hydrogen-bond donors (Lipinski definition) is 0. The lowest BCUT2D eigenvalue weighted by atomic mass is 9.57. The summed E-state index contributed by atoms with van der Waals surface area (Å²) < 4.78 is 15.8. The fraction of sp³-hybridized carbons (Fsp3) is 0. The molecule has 0 atom stereocenters. The van der Waals surface area contributed by atoms with Crippen molar-refractivity contribution in [2.24, 2.45) is 0 Å². The minimum atomic E-state index is 0.567. The molecule has 4 heterocycles. The molecule has 12 rings (SSSR count). The van der Waals surface area contributed by atoms with Crippen LogP contribution in [0.2, 0.25) is 0 Å². The first-order chi connectivity index (χ1) is 33.2. The predicted octanol–water partition coefficient (Wildman–Crippen LogP) is -7.46. The van der Waals surface area contributed by atoms with Crippen LogP contribution in [0, 0.1) is 0 Å². The smallest absolute Gasteiger partial charge is 0.164 e. The third-order valence-electron chi connectivity index (χ3n) is 16.2. The molecule has 314 valence electrons. The van der Waals surface area contributed by atoms with Gasteiger partial charge in [0.1, 0.15) is 116 Å². The fourth-order valence-electron chi connectivity index (χ4n) is 11.6. The maximum Gasteiger partial charge on any atom is 0.164 e. The van der Waals surface area contributed by atoms with E-state index in [1.54, 1.807) is 0 Å². The molecule has 4 aromatic heterocycles. The largest absolute Gasteiger partial charge is 0.456 e. The average Bonchev–Trinajstić information content (AvgIpc) is 4.06. The standard InChI is InChI=1S/C51H42B12N4O2/c52-35-32(31-36(53)41(58)44(61)42(59)37(31)54)40(57)47-33(38(35)55)34-39(56)43(60)45(62)46(63)48(34)67(47)21-14-16-24-29(18-21)69-27-12-6-10-25(30(24)27)51-65-49(19-7-2-1-3-8-19)64-50(66-51)20-13-15-23-22-9-4-5-11-26(22)68-28(23)17-20/h1-18H,52-63H2. The van der Waals surface area contributed by atoms with Gasteiger partial charge >= 0.3 is 0 Å². The summed E-state index contributed by atoms with van der Waals surface area (Å²) in [5, 5.41) is 6.76. The number of rotatable bonds is 5. The van der Waals surface area contributed by atoms with Crippen molar-refractivity contribution < 1.29 is 8.83 Å². The van der Waals surface area contributed by atoms with E-state index in [1.165, 1.54) is 98.5 Å². The van der Waals surface area contributed by atoms with E-state index in [2.05, 4.69) is 141 Å². The minimum Gasteiger partial charge on any atom is -0.456 e. The zero-order chi connectivity index (χ0) is 47.9. The van der Waals surface area contributed by atoms with Crippen LogP contribution in [0.5, 0.6) is 0 Å². The second-order valence-corrected chi connectivity index (χ2v) is 19.5. The van der Waals surface area contributed by atoms with Crippen molar-refractivity contribution in [2.45, 2.75) is 0 Å². The van der Waals surface area contributed by atoms with E-state index in [4.69, 9.17) is 23.8 Å².